The average molecular weight is 399 g/mol. The van der Waals surface area contributed by atoms with Crippen LogP contribution in [-0.2, 0) is 15.9 Å². The zero-order chi connectivity index (χ0) is 20.6. The number of hydrogen-bond acceptors (Lipinski definition) is 5. The van der Waals surface area contributed by atoms with E-state index < -0.39 is 0 Å². The van der Waals surface area contributed by atoms with Crippen LogP contribution in [0.25, 0.3) is 0 Å². The maximum atomic E-state index is 13.1. The number of carbonyl (C=O) groups is 2. The van der Waals surface area contributed by atoms with E-state index in [0.29, 0.717) is 43.4 Å². The molecular formula is C21H30BN3O4. The van der Waals surface area contributed by atoms with Gasteiger partial charge in [-0.05, 0) is 59.3 Å². The molecule has 1 aromatic heterocycles. The van der Waals surface area contributed by atoms with Gasteiger partial charge in [0.05, 0.1) is 11.2 Å². The van der Waals surface area contributed by atoms with Gasteiger partial charge in [-0.15, -0.1) is 0 Å². The number of Topliss-reactive ketones (excluding diaryl/α,β-unsaturated/α-hetero) is 1. The SMILES string of the molecule is CC1(C)OB(C23CCN(C(=O)c4cc5n(n4)CCCCC5=O)CC2C3)OC1(C)C. The summed E-state index contributed by atoms with van der Waals surface area (Å²) in [7, 11) is -0.198. The van der Waals surface area contributed by atoms with Gasteiger partial charge in [0, 0.05) is 37.4 Å². The van der Waals surface area contributed by atoms with Gasteiger partial charge >= 0.3 is 7.12 Å². The van der Waals surface area contributed by atoms with Gasteiger partial charge in [-0.1, -0.05) is 0 Å². The van der Waals surface area contributed by atoms with Crippen molar-refractivity contribution in [1.29, 1.82) is 0 Å². The van der Waals surface area contributed by atoms with Gasteiger partial charge in [0.2, 0.25) is 0 Å². The molecule has 4 heterocycles. The van der Waals surface area contributed by atoms with E-state index in [1.807, 2.05) is 4.90 Å². The second-order valence-corrected chi connectivity index (χ2v) is 10.2. The summed E-state index contributed by atoms with van der Waals surface area (Å²) in [6, 6.07) is 1.69. The first-order valence-corrected chi connectivity index (χ1v) is 10.9. The molecule has 1 aliphatic carbocycles. The van der Waals surface area contributed by atoms with Crippen molar-refractivity contribution in [3.05, 3.63) is 17.5 Å². The van der Waals surface area contributed by atoms with Crippen LogP contribution in [0.5, 0.6) is 0 Å². The number of aryl methyl sites for hydroxylation is 1. The van der Waals surface area contributed by atoms with Crippen LogP contribution in [0.1, 0.15) is 80.8 Å². The van der Waals surface area contributed by atoms with Crippen LogP contribution in [0.4, 0.5) is 0 Å². The Morgan fingerprint density at radius 1 is 1.17 bits per heavy atom. The Morgan fingerprint density at radius 2 is 1.90 bits per heavy atom. The fraction of sp³-hybridized carbons (Fsp3) is 0.762. The summed E-state index contributed by atoms with van der Waals surface area (Å²) in [5.41, 5.74) is 0.334. The molecule has 1 aromatic rings. The molecule has 0 N–H and O–H groups in total. The molecule has 8 heteroatoms. The number of likely N-dealkylation sites (tertiary alicyclic amines) is 1. The lowest BCUT2D eigenvalue weighted by atomic mass is 9.63. The Morgan fingerprint density at radius 3 is 2.59 bits per heavy atom. The summed E-state index contributed by atoms with van der Waals surface area (Å²) in [6.45, 7) is 10.4. The molecule has 3 aliphatic heterocycles. The quantitative estimate of drug-likeness (QED) is 0.715. The molecule has 7 nitrogen and oxygen atoms in total. The largest absolute Gasteiger partial charge is 0.464 e. The third-order valence-corrected chi connectivity index (χ3v) is 7.89. The van der Waals surface area contributed by atoms with Crippen molar-refractivity contribution in [3.63, 3.8) is 0 Å². The lowest BCUT2D eigenvalue weighted by Crippen LogP contribution is -2.42. The lowest BCUT2D eigenvalue weighted by Gasteiger charge is -2.32. The highest BCUT2D eigenvalue weighted by Crippen LogP contribution is 2.69. The van der Waals surface area contributed by atoms with E-state index in [0.717, 1.165) is 25.7 Å². The number of carbonyl (C=O) groups excluding carboxylic acids is 2. The van der Waals surface area contributed by atoms with Crippen LogP contribution in [0.3, 0.4) is 0 Å². The lowest BCUT2D eigenvalue weighted by molar-refractivity contribution is 0.00578. The van der Waals surface area contributed by atoms with Crippen molar-refractivity contribution in [2.75, 3.05) is 13.1 Å². The highest BCUT2D eigenvalue weighted by molar-refractivity contribution is 6.51. The molecule has 156 valence electrons. The number of nitrogens with zero attached hydrogens (tertiary/aromatic N) is 3. The summed E-state index contributed by atoms with van der Waals surface area (Å²) in [6.07, 6.45) is 4.27. The van der Waals surface area contributed by atoms with Crippen molar-refractivity contribution >= 4 is 18.8 Å². The monoisotopic (exact) mass is 399 g/mol. The number of fused-ring (bicyclic) bond motifs is 2. The first kappa shape index (κ1) is 19.3. The molecule has 29 heavy (non-hydrogen) atoms. The van der Waals surface area contributed by atoms with Crippen LogP contribution in [0.2, 0.25) is 5.31 Å². The maximum Gasteiger partial charge on any atom is 0.464 e. The molecule has 2 atom stereocenters. The topological polar surface area (TPSA) is 73.7 Å². The average Bonchev–Trinajstić information content (AvgIpc) is 3.23. The fourth-order valence-electron chi connectivity index (χ4n) is 5.07. The summed E-state index contributed by atoms with van der Waals surface area (Å²) >= 11 is 0. The van der Waals surface area contributed by atoms with E-state index in [4.69, 9.17) is 9.31 Å². The summed E-state index contributed by atoms with van der Waals surface area (Å²) < 4.78 is 14.4. The van der Waals surface area contributed by atoms with Gasteiger partial charge in [-0.3, -0.25) is 14.3 Å². The molecule has 0 radical (unpaired) electrons. The first-order chi connectivity index (χ1) is 13.6. The van der Waals surface area contributed by atoms with E-state index in [9.17, 15) is 9.59 Å². The molecule has 2 unspecified atom stereocenters. The summed E-state index contributed by atoms with van der Waals surface area (Å²) in [5, 5.41) is 4.49. The number of aromatic nitrogens is 2. The standard InChI is InChI=1S/C21H30BN3O4/c1-19(2)20(3,4)29-22(28-19)21-8-10-24(13-14(21)12-21)18(27)15-11-16-17(26)7-5-6-9-25(16)23-15/h11,14H,5-10,12-13H2,1-4H3. The Bertz CT molecular complexity index is 863. The van der Waals surface area contributed by atoms with Crippen LogP contribution in [0.15, 0.2) is 6.07 Å². The van der Waals surface area contributed by atoms with Gasteiger partial charge < -0.3 is 14.2 Å². The van der Waals surface area contributed by atoms with E-state index in [2.05, 4.69) is 32.8 Å². The first-order valence-electron chi connectivity index (χ1n) is 10.9. The molecule has 0 bridgehead atoms. The zero-order valence-corrected chi connectivity index (χ0v) is 17.9. The van der Waals surface area contributed by atoms with Gasteiger partial charge in [0.25, 0.3) is 5.91 Å². The predicted molar refractivity (Wildman–Crippen MR) is 108 cm³/mol. The Labute approximate surface area is 172 Å². The number of piperidine rings is 1. The predicted octanol–water partition coefficient (Wildman–Crippen LogP) is 2.95. The molecule has 5 rings (SSSR count). The van der Waals surface area contributed by atoms with Crippen molar-refractivity contribution in [1.82, 2.24) is 14.7 Å². The van der Waals surface area contributed by atoms with Crippen LogP contribution < -0.4 is 0 Å². The second-order valence-electron chi connectivity index (χ2n) is 10.2. The van der Waals surface area contributed by atoms with Gasteiger partial charge in [0.1, 0.15) is 5.69 Å². The van der Waals surface area contributed by atoms with Gasteiger partial charge in [-0.2, -0.15) is 5.10 Å². The smallest absolute Gasteiger partial charge is 0.403 e. The molecule has 0 spiro atoms. The van der Waals surface area contributed by atoms with Crippen molar-refractivity contribution in [2.24, 2.45) is 5.92 Å². The second kappa shape index (κ2) is 6.17. The van der Waals surface area contributed by atoms with E-state index >= 15 is 0 Å². The van der Waals surface area contributed by atoms with Gasteiger partial charge in [0.15, 0.2) is 11.5 Å². The molecule has 4 aliphatic rings. The molecule has 3 fully saturated rings. The van der Waals surface area contributed by atoms with Gasteiger partial charge in [-0.25, -0.2) is 0 Å². The highest BCUT2D eigenvalue weighted by atomic mass is 16.7. The third kappa shape index (κ3) is 2.90. The van der Waals surface area contributed by atoms with Crippen molar-refractivity contribution in [2.45, 2.75) is 82.9 Å². The molecule has 0 aromatic carbocycles. The minimum Gasteiger partial charge on any atom is -0.403 e. The third-order valence-electron chi connectivity index (χ3n) is 7.89. The van der Waals surface area contributed by atoms with Crippen LogP contribution in [0, 0.1) is 5.92 Å². The normalized spacial score (nSPS) is 32.6. The molecule has 1 saturated carbocycles. The van der Waals surface area contributed by atoms with E-state index in [1.165, 1.54) is 0 Å². The van der Waals surface area contributed by atoms with E-state index in [1.54, 1.807) is 10.7 Å². The minimum absolute atomic E-state index is 0.0309. The summed E-state index contributed by atoms with van der Waals surface area (Å²) in [4.78, 5) is 27.2. The summed E-state index contributed by atoms with van der Waals surface area (Å²) in [5.74, 6) is 0.430. The number of ketones is 1. The Hall–Kier alpha value is -1.67. The minimum atomic E-state index is -0.326. The number of amides is 1. The molecule has 2 saturated heterocycles. The number of rotatable bonds is 2. The van der Waals surface area contributed by atoms with Crippen LogP contribution >= 0.6 is 0 Å². The van der Waals surface area contributed by atoms with Crippen molar-refractivity contribution < 1.29 is 18.9 Å². The maximum absolute atomic E-state index is 13.1. The fourth-order valence-corrected chi connectivity index (χ4v) is 5.07. The number of hydrogen-bond donors (Lipinski definition) is 0. The highest BCUT2D eigenvalue weighted by Gasteiger charge is 2.70. The Balaban J connectivity index is 1.28. The molecular weight excluding hydrogens is 369 g/mol. The van der Waals surface area contributed by atoms with Crippen molar-refractivity contribution in [3.8, 4) is 0 Å². The van der Waals surface area contributed by atoms with E-state index in [-0.39, 0.29) is 35.3 Å². The van der Waals surface area contributed by atoms with Crippen LogP contribution in [-0.4, -0.2) is 57.8 Å². The Kier molecular flexibility index (Phi) is 4.11. The molecule has 1 amide bonds. The zero-order valence-electron chi connectivity index (χ0n) is 17.9.